The summed E-state index contributed by atoms with van der Waals surface area (Å²) in [5, 5.41) is 6.61. The summed E-state index contributed by atoms with van der Waals surface area (Å²) in [6.07, 6.45) is 3.69. The topological polar surface area (TPSA) is 46.6 Å². The largest absolute Gasteiger partial charge is 0.497 e. The number of halogens is 2. The number of rotatable bonds is 10. The Morgan fingerprint density at radius 2 is 1.92 bits per heavy atom. The van der Waals surface area contributed by atoms with E-state index in [1.165, 1.54) is 34.9 Å². The van der Waals surface area contributed by atoms with E-state index >= 15 is 4.39 Å². The molecule has 1 aliphatic carbocycles. The molecule has 36 heavy (non-hydrogen) atoms. The molecule has 0 radical (unpaired) electrons. The maximum Gasteiger partial charge on any atom is 0.195 e. The van der Waals surface area contributed by atoms with Gasteiger partial charge in [-0.3, -0.25) is 4.31 Å². The number of nitrogens with zero attached hydrogens (tertiary/aromatic N) is 2. The van der Waals surface area contributed by atoms with Crippen LogP contribution < -0.4 is 19.1 Å². The number of hydrogen-bond acceptors (Lipinski definition) is 7. The predicted octanol–water partition coefficient (Wildman–Crippen LogP) is 7.77. The van der Waals surface area contributed by atoms with E-state index in [4.69, 9.17) is 21.1 Å². The zero-order valence-electron chi connectivity index (χ0n) is 19.8. The molecule has 0 saturated heterocycles. The predicted molar refractivity (Wildman–Crippen MR) is 146 cm³/mol. The second kappa shape index (κ2) is 10.6. The van der Waals surface area contributed by atoms with Crippen LogP contribution in [0.4, 0.5) is 15.2 Å². The van der Waals surface area contributed by atoms with Crippen molar-refractivity contribution >= 4 is 45.7 Å². The monoisotopic (exact) mass is 541 g/mol. The SMILES string of the molecule is COc1ccc(CN(Sc2cc(Cl)c(NC3(c4ccccc4)CC3)cc2F)c2nccs2)c(OC)c1. The number of benzene rings is 3. The number of nitrogens with one attached hydrogen (secondary N) is 1. The zero-order valence-corrected chi connectivity index (χ0v) is 22.2. The fraction of sp³-hybridized carbons (Fsp3) is 0.222. The van der Waals surface area contributed by atoms with Crippen LogP contribution in [0.3, 0.4) is 0 Å². The molecular weight excluding hydrogens is 517 g/mol. The first-order valence-corrected chi connectivity index (χ1v) is 13.4. The number of anilines is 2. The van der Waals surface area contributed by atoms with Crippen LogP contribution in [0.5, 0.6) is 11.5 Å². The Bertz CT molecular complexity index is 1330. The van der Waals surface area contributed by atoms with Crippen LogP contribution in [-0.4, -0.2) is 19.2 Å². The van der Waals surface area contributed by atoms with Gasteiger partial charge >= 0.3 is 0 Å². The molecule has 1 saturated carbocycles. The molecule has 1 aliphatic rings. The third-order valence-corrected chi connectivity index (χ3v) is 8.38. The highest BCUT2D eigenvalue weighted by Crippen LogP contribution is 2.49. The van der Waals surface area contributed by atoms with Gasteiger partial charge in [0.15, 0.2) is 5.13 Å². The van der Waals surface area contributed by atoms with Gasteiger partial charge in [-0.15, -0.1) is 11.3 Å². The standard InChI is InChI=1S/C27H25ClFN3O2S2/c1-33-20-9-8-18(24(14-20)34-2)17-32(26-30-12-13-35-26)36-25-15-21(28)23(16-22(25)29)31-27(10-11-27)19-6-4-3-5-7-19/h3-9,12-16,31H,10-11,17H2,1-2H3. The van der Waals surface area contributed by atoms with Gasteiger partial charge in [0.25, 0.3) is 0 Å². The van der Waals surface area contributed by atoms with E-state index in [1.54, 1.807) is 26.5 Å². The van der Waals surface area contributed by atoms with Gasteiger partial charge in [-0.25, -0.2) is 9.37 Å². The molecule has 5 nitrogen and oxygen atoms in total. The number of hydrogen-bond donors (Lipinski definition) is 1. The molecule has 3 aromatic carbocycles. The number of thiazole rings is 1. The minimum atomic E-state index is -0.348. The molecule has 1 fully saturated rings. The van der Waals surface area contributed by atoms with Gasteiger partial charge in [0.05, 0.1) is 41.9 Å². The van der Waals surface area contributed by atoms with Crippen LogP contribution in [0.15, 0.2) is 77.1 Å². The minimum absolute atomic E-state index is 0.191. The number of methoxy groups -OCH3 is 2. The fourth-order valence-corrected chi connectivity index (χ4v) is 6.00. The maximum absolute atomic E-state index is 15.4. The van der Waals surface area contributed by atoms with Crippen molar-refractivity contribution in [2.24, 2.45) is 0 Å². The average Bonchev–Trinajstić information content (AvgIpc) is 3.48. The van der Waals surface area contributed by atoms with Crippen molar-refractivity contribution in [1.82, 2.24) is 4.98 Å². The first-order valence-electron chi connectivity index (χ1n) is 11.4. The summed E-state index contributed by atoms with van der Waals surface area (Å²) < 4.78 is 28.2. The van der Waals surface area contributed by atoms with Crippen molar-refractivity contribution < 1.29 is 13.9 Å². The van der Waals surface area contributed by atoms with Crippen LogP contribution in [0.25, 0.3) is 0 Å². The van der Waals surface area contributed by atoms with Gasteiger partial charge < -0.3 is 14.8 Å². The van der Waals surface area contributed by atoms with E-state index in [1.807, 2.05) is 46.1 Å². The summed E-state index contributed by atoms with van der Waals surface area (Å²) in [6.45, 7) is 0.444. The van der Waals surface area contributed by atoms with Crippen molar-refractivity contribution in [3.63, 3.8) is 0 Å². The Morgan fingerprint density at radius 1 is 1.11 bits per heavy atom. The van der Waals surface area contributed by atoms with Crippen molar-refractivity contribution in [1.29, 1.82) is 0 Å². The summed E-state index contributed by atoms with van der Waals surface area (Å²) >= 11 is 9.40. The average molecular weight is 542 g/mol. The second-order valence-electron chi connectivity index (χ2n) is 8.46. The molecule has 4 aromatic rings. The molecule has 0 atom stereocenters. The van der Waals surface area contributed by atoms with Crippen LogP contribution >= 0.6 is 34.9 Å². The lowest BCUT2D eigenvalue weighted by molar-refractivity contribution is 0.391. The Morgan fingerprint density at radius 3 is 2.58 bits per heavy atom. The summed E-state index contributed by atoms with van der Waals surface area (Å²) in [4.78, 5) is 4.86. The maximum atomic E-state index is 15.4. The van der Waals surface area contributed by atoms with Crippen LogP contribution in [0, 0.1) is 5.82 Å². The molecule has 1 heterocycles. The van der Waals surface area contributed by atoms with Crippen LogP contribution in [-0.2, 0) is 12.1 Å². The molecule has 0 spiro atoms. The minimum Gasteiger partial charge on any atom is -0.497 e. The molecule has 1 aromatic heterocycles. The zero-order chi connectivity index (χ0) is 25.1. The fourth-order valence-electron chi connectivity index (χ4n) is 4.05. The molecule has 0 amide bonds. The second-order valence-corrected chi connectivity index (χ2v) is 10.8. The molecular formula is C27H25ClFN3O2S2. The summed E-state index contributed by atoms with van der Waals surface area (Å²) in [5.41, 5.74) is 2.51. The highest BCUT2D eigenvalue weighted by Gasteiger charge is 2.44. The van der Waals surface area contributed by atoms with Gasteiger partial charge in [-0.05, 0) is 54.6 Å². The first-order chi connectivity index (χ1) is 17.5. The molecule has 0 aliphatic heterocycles. The summed E-state index contributed by atoms with van der Waals surface area (Å²) in [6, 6.07) is 19.0. The molecule has 1 N–H and O–H groups in total. The molecule has 186 valence electrons. The van der Waals surface area contributed by atoms with E-state index in [-0.39, 0.29) is 11.4 Å². The smallest absolute Gasteiger partial charge is 0.195 e. The van der Waals surface area contributed by atoms with Crippen molar-refractivity contribution in [2.75, 3.05) is 23.8 Å². The van der Waals surface area contributed by atoms with Gasteiger partial charge in [-0.1, -0.05) is 41.9 Å². The Kier molecular flexibility index (Phi) is 7.27. The van der Waals surface area contributed by atoms with E-state index in [2.05, 4.69) is 22.4 Å². The van der Waals surface area contributed by atoms with Gasteiger partial charge in [0, 0.05) is 23.2 Å². The lowest BCUT2D eigenvalue weighted by atomic mass is 10.0. The molecule has 0 unspecified atom stereocenters. The normalized spacial score (nSPS) is 13.8. The molecule has 0 bridgehead atoms. The van der Waals surface area contributed by atoms with Crippen LogP contribution in [0.2, 0.25) is 5.02 Å². The lowest BCUT2D eigenvalue weighted by Crippen LogP contribution is -2.19. The number of ether oxygens (including phenoxy) is 2. The first kappa shape index (κ1) is 24.7. The Labute approximate surface area is 223 Å². The van der Waals surface area contributed by atoms with Crippen molar-refractivity contribution in [3.05, 3.63) is 94.2 Å². The third-order valence-electron chi connectivity index (χ3n) is 6.12. The third kappa shape index (κ3) is 5.26. The van der Waals surface area contributed by atoms with Gasteiger partial charge in [0.2, 0.25) is 0 Å². The van der Waals surface area contributed by atoms with Crippen molar-refractivity contribution in [3.8, 4) is 11.5 Å². The van der Waals surface area contributed by atoms with Crippen LogP contribution in [0.1, 0.15) is 24.0 Å². The van der Waals surface area contributed by atoms with Crippen molar-refractivity contribution in [2.45, 2.75) is 29.8 Å². The summed E-state index contributed by atoms with van der Waals surface area (Å²) in [7, 11) is 3.23. The Balaban J connectivity index is 1.40. The van der Waals surface area contributed by atoms with E-state index in [9.17, 15) is 0 Å². The highest BCUT2D eigenvalue weighted by atomic mass is 35.5. The van der Waals surface area contributed by atoms with E-state index in [0.29, 0.717) is 33.6 Å². The number of aromatic nitrogens is 1. The molecule has 5 rings (SSSR count). The highest BCUT2D eigenvalue weighted by molar-refractivity contribution is 8.00. The van der Waals surface area contributed by atoms with E-state index in [0.717, 1.165) is 23.5 Å². The van der Waals surface area contributed by atoms with Gasteiger partial charge in [0.1, 0.15) is 17.3 Å². The lowest BCUT2D eigenvalue weighted by Gasteiger charge is -2.24. The summed E-state index contributed by atoms with van der Waals surface area (Å²) in [5.74, 6) is 1.04. The molecule has 9 heteroatoms. The quantitative estimate of drug-likeness (QED) is 0.207. The Hall–Kier alpha value is -2.94. The van der Waals surface area contributed by atoms with E-state index < -0.39 is 0 Å². The van der Waals surface area contributed by atoms with Gasteiger partial charge in [-0.2, -0.15) is 0 Å².